The molecule has 0 atom stereocenters. The standard InChI is InChI=1S/C32H22N4S8/c1-37-29-30(38-2)42-27(41-29)19-15-9-5-6-10-16(15)20(28-43-31(39-3)32(40-4)44-28)26-25(19)35-23-17-11-7-13-33-21(17)22-18(24(23)36-26)12-8-14-34-22/h5-14H,1-4H3. The molecular formula is C32H22N4S8. The van der Waals surface area contributed by atoms with Crippen LogP contribution in [-0.2, 0) is 0 Å². The molecule has 12 heteroatoms. The number of benzene rings is 3. The lowest BCUT2D eigenvalue weighted by Gasteiger charge is -2.13. The number of fused-ring (bicyclic) bond motifs is 8. The van der Waals surface area contributed by atoms with Gasteiger partial charge in [0.15, 0.2) is 0 Å². The molecule has 6 aromatic rings. The molecule has 0 radical (unpaired) electrons. The molecule has 0 bridgehead atoms. The highest BCUT2D eigenvalue weighted by atomic mass is 32.3. The van der Waals surface area contributed by atoms with Crippen molar-refractivity contribution in [3.8, 4) is 0 Å². The van der Waals surface area contributed by atoms with Crippen LogP contribution in [0.2, 0.25) is 0 Å². The van der Waals surface area contributed by atoms with Crippen molar-refractivity contribution >= 4 is 157 Å². The highest BCUT2D eigenvalue weighted by Crippen LogP contribution is 2.58. The Morgan fingerprint density at radius 3 is 1.16 bits per heavy atom. The number of aromatic nitrogens is 4. The van der Waals surface area contributed by atoms with Gasteiger partial charge in [-0.2, -0.15) is 0 Å². The van der Waals surface area contributed by atoms with Crippen LogP contribution in [0.25, 0.3) is 63.1 Å². The fourth-order valence-corrected chi connectivity index (χ4v) is 15.8. The third kappa shape index (κ3) is 4.70. The Balaban J connectivity index is 1.63. The van der Waals surface area contributed by atoms with Crippen molar-refractivity contribution in [2.24, 2.45) is 0 Å². The predicted molar refractivity (Wildman–Crippen MR) is 210 cm³/mol. The highest BCUT2D eigenvalue weighted by Gasteiger charge is 2.27. The van der Waals surface area contributed by atoms with Gasteiger partial charge < -0.3 is 0 Å². The Labute approximate surface area is 288 Å². The van der Waals surface area contributed by atoms with Gasteiger partial charge in [-0.15, -0.1) is 47.0 Å². The highest BCUT2D eigenvalue weighted by molar-refractivity contribution is 8.46. The second-order valence-corrected chi connectivity index (χ2v) is 18.6. The van der Waals surface area contributed by atoms with Gasteiger partial charge in [0.25, 0.3) is 0 Å². The molecule has 2 aliphatic rings. The van der Waals surface area contributed by atoms with Gasteiger partial charge in [-0.25, -0.2) is 9.97 Å². The fraction of sp³-hybridized carbons (Fsp3) is 0.125. The number of rotatable bonds is 4. The Morgan fingerprint density at radius 1 is 0.432 bits per heavy atom. The first-order valence-electron chi connectivity index (χ1n) is 13.4. The maximum atomic E-state index is 5.60. The summed E-state index contributed by atoms with van der Waals surface area (Å²) in [6.45, 7) is 0. The van der Waals surface area contributed by atoms with E-state index in [0.29, 0.717) is 0 Å². The molecule has 44 heavy (non-hydrogen) atoms. The van der Waals surface area contributed by atoms with Crippen LogP contribution in [0.15, 0.2) is 77.9 Å². The quantitative estimate of drug-likeness (QED) is 0.129. The molecule has 0 aliphatic carbocycles. The van der Waals surface area contributed by atoms with Crippen LogP contribution in [0.5, 0.6) is 0 Å². The SMILES string of the molecule is CSC1=C(SC)SC(=c2c3ccccc3c(=C3SC(SC)=C(SC)S3)c3nc4c5cccnc5c5ncccc5c4nc23)S1. The molecule has 0 N–H and O–H groups in total. The van der Waals surface area contributed by atoms with Crippen molar-refractivity contribution in [1.82, 2.24) is 19.9 Å². The van der Waals surface area contributed by atoms with Gasteiger partial charge in [0, 0.05) is 33.6 Å². The minimum Gasteiger partial charge on any atom is -0.254 e. The van der Waals surface area contributed by atoms with Gasteiger partial charge in [0.05, 0.1) is 58.5 Å². The van der Waals surface area contributed by atoms with Gasteiger partial charge >= 0.3 is 0 Å². The van der Waals surface area contributed by atoms with Gasteiger partial charge in [-0.1, -0.05) is 71.3 Å². The van der Waals surface area contributed by atoms with E-state index in [1.54, 1.807) is 0 Å². The third-order valence-electron chi connectivity index (χ3n) is 7.41. The maximum Gasteiger partial charge on any atom is 0.0997 e. The van der Waals surface area contributed by atoms with Crippen molar-refractivity contribution in [1.29, 1.82) is 0 Å². The molecule has 0 spiro atoms. The van der Waals surface area contributed by atoms with Crippen LogP contribution in [-0.4, -0.2) is 45.0 Å². The van der Waals surface area contributed by atoms with Crippen molar-refractivity contribution in [3.63, 3.8) is 0 Å². The van der Waals surface area contributed by atoms with E-state index in [1.165, 1.54) is 46.6 Å². The van der Waals surface area contributed by atoms with Crippen LogP contribution in [0.3, 0.4) is 0 Å². The molecule has 3 aromatic heterocycles. The van der Waals surface area contributed by atoms with E-state index < -0.39 is 0 Å². The molecule has 5 heterocycles. The molecule has 8 rings (SSSR count). The van der Waals surface area contributed by atoms with E-state index in [9.17, 15) is 0 Å². The monoisotopic (exact) mass is 718 g/mol. The zero-order chi connectivity index (χ0) is 29.9. The summed E-state index contributed by atoms with van der Waals surface area (Å²) in [5.41, 5.74) is 5.32. The molecule has 0 unspecified atom stereocenters. The van der Waals surface area contributed by atoms with E-state index in [0.717, 1.165) is 43.9 Å². The number of hydrogen-bond acceptors (Lipinski definition) is 12. The van der Waals surface area contributed by atoms with E-state index in [1.807, 2.05) is 119 Å². The van der Waals surface area contributed by atoms with Gasteiger partial charge in [-0.05, 0) is 60.1 Å². The Morgan fingerprint density at radius 2 is 0.795 bits per heavy atom. The lowest BCUT2D eigenvalue weighted by molar-refractivity contribution is 1.36. The summed E-state index contributed by atoms with van der Waals surface area (Å²) in [5.74, 6) is 0. The first kappa shape index (κ1) is 29.7. The average molecular weight is 719 g/mol. The first-order valence-corrected chi connectivity index (χ1v) is 21.6. The van der Waals surface area contributed by atoms with Crippen molar-refractivity contribution in [3.05, 3.63) is 88.3 Å². The summed E-state index contributed by atoms with van der Waals surface area (Å²) < 4.78 is 7.88. The number of pyridine rings is 2. The molecule has 218 valence electrons. The van der Waals surface area contributed by atoms with Gasteiger partial charge in [0.2, 0.25) is 0 Å². The zero-order valence-electron chi connectivity index (χ0n) is 23.8. The Kier molecular flexibility index (Phi) is 8.24. The third-order valence-corrected chi connectivity index (χ3v) is 17.9. The normalized spacial score (nSPS) is 15.9. The second-order valence-electron chi connectivity index (χ2n) is 9.66. The molecule has 0 saturated carbocycles. The molecule has 3 aromatic carbocycles. The van der Waals surface area contributed by atoms with Crippen molar-refractivity contribution in [2.45, 2.75) is 0 Å². The summed E-state index contributed by atoms with van der Waals surface area (Å²) in [4.78, 5) is 20.7. The van der Waals surface area contributed by atoms with E-state index in [2.05, 4.69) is 61.4 Å². The summed E-state index contributed by atoms with van der Waals surface area (Å²) in [5, 5.41) is 6.70. The van der Waals surface area contributed by atoms with E-state index in [4.69, 9.17) is 19.9 Å². The van der Waals surface area contributed by atoms with Crippen molar-refractivity contribution in [2.75, 3.05) is 25.0 Å². The Bertz CT molecular complexity index is 2200. The first-order chi connectivity index (χ1) is 21.6. The Hall–Kier alpha value is -1.64. The molecule has 0 amide bonds. The fourth-order valence-electron chi connectivity index (χ4n) is 5.57. The van der Waals surface area contributed by atoms with E-state index >= 15 is 0 Å². The zero-order valence-corrected chi connectivity index (χ0v) is 30.4. The van der Waals surface area contributed by atoms with Crippen LogP contribution in [0.4, 0.5) is 0 Å². The number of nitrogens with zero attached hydrogens (tertiary/aromatic N) is 4. The van der Waals surface area contributed by atoms with Gasteiger partial charge in [0.1, 0.15) is 0 Å². The largest absolute Gasteiger partial charge is 0.254 e. The number of thioether (sulfide) groups is 8. The van der Waals surface area contributed by atoms with Gasteiger partial charge in [-0.3, -0.25) is 9.97 Å². The summed E-state index contributed by atoms with van der Waals surface area (Å²) in [6, 6.07) is 17.0. The van der Waals surface area contributed by atoms with E-state index in [-0.39, 0.29) is 0 Å². The second kappa shape index (κ2) is 12.2. The van der Waals surface area contributed by atoms with Crippen molar-refractivity contribution < 1.29 is 0 Å². The smallest absolute Gasteiger partial charge is 0.0997 e. The van der Waals surface area contributed by atoms with Crippen LogP contribution in [0.1, 0.15) is 0 Å². The van der Waals surface area contributed by atoms with Crippen LogP contribution >= 0.6 is 94.1 Å². The lowest BCUT2D eigenvalue weighted by atomic mass is 10.0. The van der Waals surface area contributed by atoms with Crippen LogP contribution < -0.4 is 10.4 Å². The average Bonchev–Trinajstić information content (AvgIpc) is 3.70. The molecule has 0 saturated heterocycles. The summed E-state index contributed by atoms with van der Waals surface area (Å²) in [6.07, 6.45) is 12.3. The lowest BCUT2D eigenvalue weighted by Crippen LogP contribution is -2.19. The topological polar surface area (TPSA) is 51.6 Å². The minimum atomic E-state index is 0.856. The molecule has 4 nitrogen and oxygen atoms in total. The molecule has 0 fully saturated rings. The minimum absolute atomic E-state index is 0.856. The summed E-state index contributed by atoms with van der Waals surface area (Å²) >= 11 is 14.7. The van der Waals surface area contributed by atoms with Crippen LogP contribution in [0, 0.1) is 0 Å². The number of hydrogen-bond donors (Lipinski definition) is 0. The maximum absolute atomic E-state index is 5.60. The summed E-state index contributed by atoms with van der Waals surface area (Å²) in [7, 11) is 0. The molecular weight excluding hydrogens is 697 g/mol. The molecule has 2 aliphatic heterocycles. The predicted octanol–water partition coefficient (Wildman–Crippen LogP) is 9.83.